The number of hydrogen-bond acceptors (Lipinski definition) is 27. The van der Waals surface area contributed by atoms with E-state index in [1.807, 2.05) is 93.6 Å². The Bertz CT molecular complexity index is 6880. The lowest BCUT2D eigenvalue weighted by molar-refractivity contribution is -0.156. The zero-order chi connectivity index (χ0) is 106. The molecule has 1 amide bonds. The molecule has 146 heavy (non-hydrogen) atoms. The van der Waals surface area contributed by atoms with Crippen molar-refractivity contribution in [2.45, 2.75) is 266 Å². The zero-order valence-corrected chi connectivity index (χ0v) is 87.4. The summed E-state index contributed by atoms with van der Waals surface area (Å²) >= 11 is 18.2. The van der Waals surface area contributed by atoms with Crippen LogP contribution < -0.4 is 35.9 Å². The molecule has 0 saturated heterocycles. The first-order valence-corrected chi connectivity index (χ1v) is 52.9. The normalized spacial score (nSPS) is 16.3. The first kappa shape index (κ1) is 120. The molecule has 0 spiro atoms. The number of nitrogens with zero attached hydrogens (tertiary/aromatic N) is 10. The molecule has 5 N–H and O–H groups in total. The Morgan fingerprint density at radius 1 is 0.473 bits per heavy atom. The minimum atomic E-state index is -4.64. The van der Waals surface area contributed by atoms with E-state index in [2.05, 4.69) is 62.5 Å². The molecule has 790 valence electrons. The number of fused-ring (bicyclic) bond motifs is 3. The van der Waals surface area contributed by atoms with E-state index in [-0.39, 0.29) is 103 Å². The van der Waals surface area contributed by atoms with Crippen molar-refractivity contribution in [2.24, 2.45) is 11.7 Å². The number of nitrogens with two attached hydrogens (primary N) is 1. The number of hydrogen-bond donors (Lipinski definition) is 4. The van der Waals surface area contributed by atoms with E-state index < -0.39 is 88.4 Å². The molecule has 0 radical (unpaired) electrons. The second-order valence-electron chi connectivity index (χ2n) is 36.7. The Balaban J connectivity index is 0.000000242. The number of carbonyl (C=O) groups excluding carboxylic acids is 3. The van der Waals surface area contributed by atoms with Crippen LogP contribution in [0.5, 0.6) is 17.6 Å². The number of anilines is 2. The van der Waals surface area contributed by atoms with Crippen LogP contribution >= 0.6 is 34.8 Å². The van der Waals surface area contributed by atoms with Crippen molar-refractivity contribution in [3.05, 3.63) is 218 Å². The predicted octanol–water partition coefficient (Wildman–Crippen LogP) is 23.7. The summed E-state index contributed by atoms with van der Waals surface area (Å²) in [6.45, 7) is 19.7. The third-order valence-electron chi connectivity index (χ3n) is 24.2. The van der Waals surface area contributed by atoms with Gasteiger partial charge < -0.3 is 50.3 Å². The Kier molecular flexibility index (Phi) is 43.6. The number of aryl methyl sites for hydroxylation is 3. The number of sulfone groups is 3. The van der Waals surface area contributed by atoms with Gasteiger partial charge in [-0.3, -0.25) is 9.59 Å². The molecule has 12 aromatic rings. The summed E-state index contributed by atoms with van der Waals surface area (Å²) in [7, 11) is -3.86. The van der Waals surface area contributed by atoms with Gasteiger partial charge in [-0.25, -0.2) is 88.1 Å². The number of nitrogens with one attached hydrogen (secondary N) is 3. The van der Waals surface area contributed by atoms with Gasteiger partial charge in [0, 0.05) is 88.7 Å². The highest BCUT2D eigenvalue weighted by Gasteiger charge is 2.34. The van der Waals surface area contributed by atoms with E-state index in [9.17, 15) is 52.4 Å². The minimum Gasteiger partial charge on any atom is -0.481 e. The summed E-state index contributed by atoms with van der Waals surface area (Å²) in [5.74, 6) is -2.14. The van der Waals surface area contributed by atoms with Crippen LogP contribution in [0.1, 0.15) is 201 Å². The average Bonchev–Trinajstić information content (AvgIpc) is 0.775. The number of aldehydes is 1. The number of amides is 1. The third kappa shape index (κ3) is 32.9. The average molecular weight is 2150 g/mol. The molecular formula is C105H128Cl3F7N14O14S3. The van der Waals surface area contributed by atoms with Crippen LogP contribution in [0.2, 0.25) is 15.1 Å². The maximum Gasteiger partial charge on any atom is 0.446 e. The van der Waals surface area contributed by atoms with E-state index in [0.29, 0.717) is 94.0 Å². The number of ether oxygens (including phenoxy) is 5. The van der Waals surface area contributed by atoms with Crippen molar-refractivity contribution in [3.8, 4) is 51.0 Å². The SMILES string of the molecule is C.C.CC(C)(C)OC=O.CCc1cc(-c2cc(F)c(CS(=O)(=O)c3ccccc3Cl)nc2OC)cc2cnc(F)nc12.CCc1cc(-c2cc(F)c(CS(=O)(=O)c3ccccc3Cl)nc2OC)cc2cnc(NC3CCC(CC)CC3)nc12.CCc1cc(-c2cc(F)c(CS(=O)(=O)c3ccccc3Cl)nc2OC)cc2cnc(NC3CCC(N(C)C(=O)OC(C)(C)C)CC3)nc12.CNC1CCC(N)CC1.O=CC(F)(F)F. The first-order valence-electron chi connectivity index (χ1n) is 46.8. The molecule has 3 aliphatic carbocycles. The number of methoxy groups -OCH3 is 3. The van der Waals surface area contributed by atoms with Crippen molar-refractivity contribution >= 4 is 128 Å². The second kappa shape index (κ2) is 53.3. The van der Waals surface area contributed by atoms with Gasteiger partial charge >= 0.3 is 18.3 Å². The quantitative estimate of drug-likeness (QED) is 0.0222. The van der Waals surface area contributed by atoms with Gasteiger partial charge in [-0.1, -0.05) is 120 Å². The smallest absolute Gasteiger partial charge is 0.446 e. The van der Waals surface area contributed by atoms with Crippen LogP contribution in [0.25, 0.3) is 66.1 Å². The Morgan fingerprint density at radius 2 is 0.801 bits per heavy atom. The molecule has 6 heterocycles. The number of rotatable bonds is 26. The fourth-order valence-electron chi connectivity index (χ4n) is 16.6. The monoisotopic (exact) mass is 2140 g/mol. The van der Waals surface area contributed by atoms with E-state index in [0.717, 1.165) is 89.0 Å². The van der Waals surface area contributed by atoms with Crippen molar-refractivity contribution in [3.63, 3.8) is 0 Å². The summed E-state index contributed by atoms with van der Waals surface area (Å²) in [5.41, 5.74) is 11.7. The van der Waals surface area contributed by atoms with Crippen LogP contribution in [-0.2, 0) is 85.1 Å². The van der Waals surface area contributed by atoms with Gasteiger partial charge in [-0.15, -0.1) is 0 Å². The van der Waals surface area contributed by atoms with Crippen molar-refractivity contribution in [2.75, 3.05) is 46.1 Å². The van der Waals surface area contributed by atoms with Crippen LogP contribution in [0, 0.1) is 29.4 Å². The predicted molar refractivity (Wildman–Crippen MR) is 558 cm³/mol. The van der Waals surface area contributed by atoms with Gasteiger partial charge in [0.2, 0.25) is 35.8 Å². The van der Waals surface area contributed by atoms with Crippen molar-refractivity contribution in [1.82, 2.24) is 55.1 Å². The Labute approximate surface area is 864 Å². The molecule has 6 aromatic heterocycles. The van der Waals surface area contributed by atoms with Crippen LogP contribution in [0.4, 0.5) is 47.4 Å². The summed E-state index contributed by atoms with van der Waals surface area (Å²) in [5, 5.41) is 12.6. The third-order valence-corrected chi connectivity index (χ3v) is 30.5. The van der Waals surface area contributed by atoms with Gasteiger partial charge in [-0.05, 0) is 275 Å². The lowest BCUT2D eigenvalue weighted by Crippen LogP contribution is -2.43. The highest BCUT2D eigenvalue weighted by atomic mass is 35.5. The van der Waals surface area contributed by atoms with Gasteiger partial charge in [0.15, 0.2) is 29.5 Å². The van der Waals surface area contributed by atoms with Crippen molar-refractivity contribution < 1.29 is 94.1 Å². The second-order valence-corrected chi connectivity index (χ2v) is 43.8. The molecule has 3 saturated carbocycles. The van der Waals surface area contributed by atoms with Gasteiger partial charge in [0.25, 0.3) is 6.47 Å². The van der Waals surface area contributed by atoms with E-state index >= 15 is 13.2 Å². The molecule has 0 atom stereocenters. The maximum atomic E-state index is 15.5. The fraction of sp³-hybridized carbons (Fsp3) is 0.429. The number of carbonyl (C=O) groups is 3. The van der Waals surface area contributed by atoms with Crippen LogP contribution in [0.3, 0.4) is 0 Å². The first-order chi connectivity index (χ1) is 68.1. The molecule has 15 rings (SSSR count). The summed E-state index contributed by atoms with van der Waals surface area (Å²) in [4.78, 5) is 71.2. The largest absolute Gasteiger partial charge is 0.481 e. The molecule has 3 aliphatic rings. The number of halogens is 10. The summed E-state index contributed by atoms with van der Waals surface area (Å²) in [6.07, 6.45) is 14.1. The lowest BCUT2D eigenvalue weighted by atomic mass is 9.85. The molecule has 6 aromatic carbocycles. The molecule has 0 bridgehead atoms. The number of benzene rings is 6. The van der Waals surface area contributed by atoms with Crippen LogP contribution in [-0.4, -0.2) is 177 Å². The van der Waals surface area contributed by atoms with Crippen molar-refractivity contribution in [1.29, 1.82) is 0 Å². The minimum absolute atomic E-state index is 0. The van der Waals surface area contributed by atoms with E-state index in [1.54, 1.807) is 66.8 Å². The van der Waals surface area contributed by atoms with Gasteiger partial charge in [-0.2, -0.15) is 17.6 Å². The lowest BCUT2D eigenvalue weighted by Gasteiger charge is -2.35. The summed E-state index contributed by atoms with van der Waals surface area (Å²) in [6, 6.07) is 34.6. The standard InChI is InChI=1S/C35H41ClFN5O5S.C31H34ClFN4O3S.C23H18ClF2N3O3S.C7H16N2.C5H10O2.C2HF3O.2CH4/c1-7-21-16-22(26-18-28(37)29(40-32(26)46-6)20-48(44,45)30-11-9-8-10-27(30)36)17-23-19-38-33(41-31(21)23)39-24-12-14-25(15-13-24)42(5)34(43)47-35(2,3)4;1-4-19-10-12-23(13-11-19)35-31-34-17-22-15-21(14-20(5-2)29(22)37-31)24-16-26(33)27(36-30(24)40-3)18-41(38,39)28-9-7-6-8-25(28)32;1-3-13-8-14(9-15-11-27-23(26)29-21(13)15)16-10-18(25)19(28-22(16)32-2)12-33(30,31)20-7-5-4-6-17(20)24;1-9-7-4-2-6(8)3-5-7;1-5(2,3)7-4-6;3-2(4,5)1-6;;/h8-11,16-19,24-25H,7,12-15,20H2,1-6H3,(H,38,39,41);6-9,14-17,19,23H,4-5,10-13,18H2,1-3H3,(H,34,35,37);4-11H,3,12H2,1-2H3;6-7,9H,2-5,8H2,1H3;4H,1-3H3;1H;2*1H4. The Morgan fingerprint density at radius 3 is 1.10 bits per heavy atom. The molecule has 3 fully saturated rings. The topological polar surface area (TPSA) is 381 Å². The van der Waals surface area contributed by atoms with Gasteiger partial charge in [0.05, 0.1) is 84.7 Å². The number of aromatic nitrogens is 9. The summed E-state index contributed by atoms with van der Waals surface area (Å²) < 4.78 is 195. The molecule has 0 unspecified atom stereocenters. The maximum absolute atomic E-state index is 15.5. The zero-order valence-electron chi connectivity index (χ0n) is 82.7. The number of alkyl halides is 3. The molecule has 41 heteroatoms. The Hall–Kier alpha value is -11.7. The van der Waals surface area contributed by atoms with E-state index in [4.69, 9.17) is 74.2 Å². The van der Waals surface area contributed by atoms with E-state index in [1.165, 1.54) is 133 Å². The van der Waals surface area contributed by atoms with Gasteiger partial charge in [0.1, 0.15) is 45.9 Å². The number of pyridine rings is 3. The highest BCUT2D eigenvalue weighted by Crippen LogP contribution is 2.42. The van der Waals surface area contributed by atoms with Crippen LogP contribution in [0.15, 0.2) is 161 Å². The fourth-order valence-corrected chi connectivity index (χ4v) is 22.1. The molecule has 28 nitrogen and oxygen atoms in total. The molecule has 0 aliphatic heterocycles. The highest BCUT2D eigenvalue weighted by molar-refractivity contribution is 7.91. The molecular weight excluding hydrogens is 2020 g/mol.